The molecule has 0 radical (unpaired) electrons. The minimum Gasteiger partial charge on any atom is -0.450 e. The predicted octanol–water partition coefficient (Wildman–Crippen LogP) is 0.449. The fourth-order valence-electron chi connectivity index (χ4n) is 2.00. The molecule has 1 N–H and O–H groups in total. The van der Waals surface area contributed by atoms with Crippen molar-refractivity contribution in [3.8, 4) is 0 Å². The van der Waals surface area contributed by atoms with Gasteiger partial charge in [0.2, 0.25) is 0 Å². The summed E-state index contributed by atoms with van der Waals surface area (Å²) in [6.45, 7) is 8.20. The third-order valence-electron chi connectivity index (χ3n) is 3.29. The van der Waals surface area contributed by atoms with Crippen molar-refractivity contribution in [3.05, 3.63) is 0 Å². The van der Waals surface area contributed by atoms with Gasteiger partial charge >= 0.3 is 17.9 Å². The van der Waals surface area contributed by atoms with Crippen LogP contribution in [0.4, 0.5) is 4.79 Å². The van der Waals surface area contributed by atoms with Gasteiger partial charge in [0, 0.05) is 32.7 Å². The van der Waals surface area contributed by atoms with E-state index >= 15 is 0 Å². The fourth-order valence-corrected chi connectivity index (χ4v) is 2.00. The number of rotatable bonds is 4. The zero-order valence-electron chi connectivity index (χ0n) is 13.1. The van der Waals surface area contributed by atoms with E-state index in [0.29, 0.717) is 45.2 Å². The minimum absolute atomic E-state index is 0.330. The Morgan fingerprint density at radius 3 is 2.19 bits per heavy atom. The number of carbonyl (C=O) groups excluding carboxylic acids is 3. The summed E-state index contributed by atoms with van der Waals surface area (Å²) in [6.07, 6.45) is 0.473. The average Bonchev–Trinajstić information content (AvgIpc) is 2.46. The van der Waals surface area contributed by atoms with Crippen molar-refractivity contribution < 1.29 is 19.1 Å². The number of nitrogens with one attached hydrogen (secondary N) is 1. The summed E-state index contributed by atoms with van der Waals surface area (Å²) in [5.41, 5.74) is 0. The number of hydrogen-bond donors (Lipinski definition) is 1. The highest BCUT2D eigenvalue weighted by molar-refractivity contribution is 6.35. The minimum atomic E-state index is -0.569. The van der Waals surface area contributed by atoms with E-state index in [-0.39, 0.29) is 6.09 Å². The Morgan fingerprint density at radius 1 is 1.10 bits per heavy atom. The SMILES string of the molecule is CCOC(=O)N1CCN(C(=O)C(=O)NCCC(C)C)CC1. The summed E-state index contributed by atoms with van der Waals surface area (Å²) in [6, 6.07) is 0. The van der Waals surface area contributed by atoms with Crippen LogP contribution in [0.5, 0.6) is 0 Å². The largest absolute Gasteiger partial charge is 0.450 e. The molecule has 0 aromatic rings. The van der Waals surface area contributed by atoms with E-state index in [1.165, 1.54) is 4.90 Å². The molecule has 1 saturated heterocycles. The van der Waals surface area contributed by atoms with Crippen LogP contribution in [0, 0.1) is 5.92 Å². The van der Waals surface area contributed by atoms with Gasteiger partial charge in [-0.15, -0.1) is 0 Å². The second-order valence-electron chi connectivity index (χ2n) is 5.42. The molecule has 0 aliphatic carbocycles. The normalized spacial score (nSPS) is 15.0. The second kappa shape index (κ2) is 8.49. The van der Waals surface area contributed by atoms with Crippen LogP contribution in [0.15, 0.2) is 0 Å². The molecule has 0 aromatic carbocycles. The van der Waals surface area contributed by atoms with Gasteiger partial charge in [0.15, 0.2) is 0 Å². The third-order valence-corrected chi connectivity index (χ3v) is 3.29. The first-order chi connectivity index (χ1) is 9.95. The molecular formula is C14H25N3O4. The van der Waals surface area contributed by atoms with Gasteiger partial charge in [0.1, 0.15) is 0 Å². The number of ether oxygens (including phenoxy) is 1. The topological polar surface area (TPSA) is 79.0 Å². The van der Waals surface area contributed by atoms with Gasteiger partial charge < -0.3 is 19.9 Å². The molecule has 0 aromatic heterocycles. The summed E-state index contributed by atoms with van der Waals surface area (Å²) < 4.78 is 4.90. The molecule has 1 fully saturated rings. The molecule has 3 amide bonds. The smallest absolute Gasteiger partial charge is 0.409 e. The average molecular weight is 299 g/mol. The van der Waals surface area contributed by atoms with E-state index in [2.05, 4.69) is 19.2 Å². The van der Waals surface area contributed by atoms with Crippen LogP contribution in [0.1, 0.15) is 27.2 Å². The predicted molar refractivity (Wildman–Crippen MR) is 77.6 cm³/mol. The zero-order chi connectivity index (χ0) is 15.8. The lowest BCUT2D eigenvalue weighted by molar-refractivity contribution is -0.146. The summed E-state index contributed by atoms with van der Waals surface area (Å²) >= 11 is 0. The number of hydrogen-bond acceptors (Lipinski definition) is 4. The molecule has 120 valence electrons. The van der Waals surface area contributed by atoms with Gasteiger partial charge in [-0.1, -0.05) is 13.8 Å². The molecule has 0 spiro atoms. The quantitative estimate of drug-likeness (QED) is 0.764. The Kier molecular flexibility index (Phi) is 6.98. The maximum Gasteiger partial charge on any atom is 0.409 e. The maximum atomic E-state index is 12.0. The fraction of sp³-hybridized carbons (Fsp3) is 0.786. The lowest BCUT2D eigenvalue weighted by Gasteiger charge is -2.33. The first-order valence-corrected chi connectivity index (χ1v) is 7.44. The van der Waals surface area contributed by atoms with Crippen molar-refractivity contribution in [2.75, 3.05) is 39.3 Å². The molecule has 7 nitrogen and oxygen atoms in total. The highest BCUT2D eigenvalue weighted by Gasteiger charge is 2.28. The molecule has 21 heavy (non-hydrogen) atoms. The van der Waals surface area contributed by atoms with Gasteiger partial charge in [-0.05, 0) is 19.3 Å². The van der Waals surface area contributed by atoms with Crippen LogP contribution < -0.4 is 5.32 Å². The highest BCUT2D eigenvalue weighted by Crippen LogP contribution is 2.04. The van der Waals surface area contributed by atoms with Gasteiger partial charge in [0.05, 0.1) is 6.61 Å². The van der Waals surface area contributed by atoms with Crippen LogP contribution in [-0.4, -0.2) is 67.0 Å². The van der Waals surface area contributed by atoms with Crippen molar-refractivity contribution in [2.24, 2.45) is 5.92 Å². The van der Waals surface area contributed by atoms with E-state index < -0.39 is 11.8 Å². The molecule has 0 atom stereocenters. The van der Waals surface area contributed by atoms with Crippen LogP contribution in [0.25, 0.3) is 0 Å². The van der Waals surface area contributed by atoms with E-state index in [1.54, 1.807) is 11.8 Å². The summed E-state index contributed by atoms with van der Waals surface area (Å²) in [7, 11) is 0. The summed E-state index contributed by atoms with van der Waals surface area (Å²) in [5, 5.41) is 2.63. The molecule has 1 aliphatic heterocycles. The molecule has 1 aliphatic rings. The number of nitrogens with zero attached hydrogens (tertiary/aromatic N) is 2. The Morgan fingerprint density at radius 2 is 1.67 bits per heavy atom. The van der Waals surface area contributed by atoms with Crippen LogP contribution in [0.2, 0.25) is 0 Å². The van der Waals surface area contributed by atoms with Crippen LogP contribution >= 0.6 is 0 Å². The van der Waals surface area contributed by atoms with E-state index in [0.717, 1.165) is 6.42 Å². The van der Waals surface area contributed by atoms with Crippen molar-refractivity contribution in [3.63, 3.8) is 0 Å². The number of amides is 3. The second-order valence-corrected chi connectivity index (χ2v) is 5.42. The van der Waals surface area contributed by atoms with E-state index in [4.69, 9.17) is 4.74 Å². The lowest BCUT2D eigenvalue weighted by atomic mass is 10.1. The van der Waals surface area contributed by atoms with Crippen LogP contribution in [0.3, 0.4) is 0 Å². The van der Waals surface area contributed by atoms with Crippen molar-refractivity contribution in [2.45, 2.75) is 27.2 Å². The van der Waals surface area contributed by atoms with Gasteiger partial charge in [-0.25, -0.2) is 4.79 Å². The third kappa shape index (κ3) is 5.61. The first kappa shape index (κ1) is 17.3. The standard InChI is InChI=1S/C14H25N3O4/c1-4-21-14(20)17-9-7-16(8-10-17)13(19)12(18)15-6-5-11(2)3/h11H,4-10H2,1-3H3,(H,15,18). The van der Waals surface area contributed by atoms with Crippen molar-refractivity contribution in [1.29, 1.82) is 0 Å². The van der Waals surface area contributed by atoms with Crippen LogP contribution in [-0.2, 0) is 14.3 Å². The molecule has 7 heteroatoms. The molecule has 1 rings (SSSR count). The van der Waals surface area contributed by atoms with Gasteiger partial charge in [0.25, 0.3) is 0 Å². The Balaban J connectivity index is 2.34. The molecule has 0 saturated carbocycles. The molecular weight excluding hydrogens is 274 g/mol. The maximum absolute atomic E-state index is 12.0. The zero-order valence-corrected chi connectivity index (χ0v) is 13.1. The summed E-state index contributed by atoms with van der Waals surface area (Å²) in [4.78, 5) is 38.2. The Hall–Kier alpha value is -1.79. The molecule has 0 unspecified atom stereocenters. The lowest BCUT2D eigenvalue weighted by Crippen LogP contribution is -2.54. The molecule has 0 bridgehead atoms. The summed E-state index contributed by atoms with van der Waals surface area (Å²) in [5.74, 6) is -0.615. The van der Waals surface area contributed by atoms with E-state index in [9.17, 15) is 14.4 Å². The first-order valence-electron chi connectivity index (χ1n) is 7.44. The number of piperazine rings is 1. The highest BCUT2D eigenvalue weighted by atomic mass is 16.6. The van der Waals surface area contributed by atoms with E-state index in [1.807, 2.05) is 0 Å². The molecule has 1 heterocycles. The number of carbonyl (C=O) groups is 3. The Bertz CT molecular complexity index is 376. The monoisotopic (exact) mass is 299 g/mol. The van der Waals surface area contributed by atoms with Gasteiger partial charge in [-0.3, -0.25) is 9.59 Å². The van der Waals surface area contributed by atoms with Gasteiger partial charge in [-0.2, -0.15) is 0 Å². The van der Waals surface area contributed by atoms with Crippen molar-refractivity contribution in [1.82, 2.24) is 15.1 Å². The van der Waals surface area contributed by atoms with Crippen molar-refractivity contribution >= 4 is 17.9 Å². The Labute approximate surface area is 125 Å².